The number of aromatic nitrogens is 1. The summed E-state index contributed by atoms with van der Waals surface area (Å²) in [6.45, 7) is 0.597. The zero-order valence-electron chi connectivity index (χ0n) is 12.3. The average Bonchev–Trinajstić information content (AvgIpc) is 2.48. The van der Waals surface area contributed by atoms with Gasteiger partial charge in [0.05, 0.1) is 6.04 Å². The second kappa shape index (κ2) is 7.39. The fourth-order valence-electron chi connectivity index (χ4n) is 3.01. The number of rotatable bonds is 5. The van der Waals surface area contributed by atoms with Gasteiger partial charge in [-0.15, -0.1) is 0 Å². The molecule has 1 unspecified atom stereocenters. The van der Waals surface area contributed by atoms with Crippen LogP contribution in [0.3, 0.4) is 0 Å². The van der Waals surface area contributed by atoms with Gasteiger partial charge in [-0.1, -0.05) is 32.1 Å². The molecule has 1 aromatic heterocycles. The maximum atomic E-state index is 12.3. The van der Waals surface area contributed by atoms with Gasteiger partial charge in [-0.2, -0.15) is 0 Å². The highest BCUT2D eigenvalue weighted by Gasteiger charge is 2.23. The first kappa shape index (κ1) is 15.0. The van der Waals surface area contributed by atoms with Crippen LogP contribution >= 0.6 is 0 Å². The number of carbonyl (C=O) groups excluding carboxylic acids is 1. The van der Waals surface area contributed by atoms with E-state index in [2.05, 4.69) is 4.98 Å². The fourth-order valence-corrected chi connectivity index (χ4v) is 3.01. The maximum Gasteiger partial charge on any atom is 0.239 e. The summed E-state index contributed by atoms with van der Waals surface area (Å²) in [5.74, 6) is 0.685. The smallest absolute Gasteiger partial charge is 0.239 e. The minimum Gasteiger partial charge on any atom is -0.340 e. The van der Waals surface area contributed by atoms with Crippen molar-refractivity contribution in [1.29, 1.82) is 0 Å². The normalized spacial score (nSPS) is 17.7. The van der Waals surface area contributed by atoms with Gasteiger partial charge in [-0.25, -0.2) is 0 Å². The van der Waals surface area contributed by atoms with E-state index in [1.165, 1.54) is 32.1 Å². The first-order valence-corrected chi connectivity index (χ1v) is 7.56. The Labute approximate surface area is 121 Å². The minimum atomic E-state index is -0.357. The number of carbonyl (C=O) groups is 1. The molecule has 110 valence electrons. The molecule has 1 saturated carbocycles. The van der Waals surface area contributed by atoms with Crippen LogP contribution in [-0.2, 0) is 11.3 Å². The first-order valence-electron chi connectivity index (χ1n) is 7.56. The summed E-state index contributed by atoms with van der Waals surface area (Å²) in [4.78, 5) is 18.0. The number of hydrogen-bond donors (Lipinski definition) is 1. The second-order valence-corrected chi connectivity index (χ2v) is 5.90. The van der Waals surface area contributed by atoms with Gasteiger partial charge in [0.25, 0.3) is 0 Å². The average molecular weight is 275 g/mol. The van der Waals surface area contributed by atoms with E-state index >= 15 is 0 Å². The van der Waals surface area contributed by atoms with Crippen molar-refractivity contribution in [2.75, 3.05) is 7.05 Å². The van der Waals surface area contributed by atoms with E-state index in [0.29, 0.717) is 12.5 Å². The second-order valence-electron chi connectivity index (χ2n) is 5.90. The molecule has 0 aliphatic heterocycles. The van der Waals surface area contributed by atoms with Crippen LogP contribution in [0.15, 0.2) is 24.5 Å². The van der Waals surface area contributed by atoms with E-state index in [4.69, 9.17) is 5.73 Å². The first-order chi connectivity index (χ1) is 9.66. The van der Waals surface area contributed by atoms with Crippen molar-refractivity contribution in [1.82, 2.24) is 9.88 Å². The Morgan fingerprint density at radius 2 is 2.00 bits per heavy atom. The Kier molecular flexibility index (Phi) is 5.53. The summed E-state index contributed by atoms with van der Waals surface area (Å²) >= 11 is 0. The minimum absolute atomic E-state index is 0.0485. The van der Waals surface area contributed by atoms with Gasteiger partial charge in [0, 0.05) is 26.0 Å². The molecule has 20 heavy (non-hydrogen) atoms. The Hall–Kier alpha value is -1.42. The lowest BCUT2D eigenvalue weighted by atomic mass is 9.85. The van der Waals surface area contributed by atoms with Crippen LogP contribution in [-0.4, -0.2) is 28.9 Å². The number of nitrogens with zero attached hydrogens (tertiary/aromatic N) is 2. The number of likely N-dealkylation sites (N-methyl/N-ethyl adjacent to an activating group) is 1. The molecule has 2 rings (SSSR count). The van der Waals surface area contributed by atoms with Crippen LogP contribution in [0.1, 0.15) is 44.1 Å². The standard InChI is InChI=1S/C16H25N3O/c1-19(12-14-7-9-18-10-8-14)16(20)15(17)11-13-5-3-2-4-6-13/h7-10,13,15H,2-6,11-12,17H2,1H3. The third-order valence-electron chi connectivity index (χ3n) is 4.17. The molecule has 1 heterocycles. The van der Waals surface area contributed by atoms with Crippen molar-refractivity contribution >= 4 is 5.91 Å². The van der Waals surface area contributed by atoms with Crippen molar-refractivity contribution < 1.29 is 4.79 Å². The van der Waals surface area contributed by atoms with Gasteiger partial charge in [-0.3, -0.25) is 9.78 Å². The summed E-state index contributed by atoms with van der Waals surface area (Å²) in [5.41, 5.74) is 7.18. The van der Waals surface area contributed by atoms with Gasteiger partial charge in [-0.05, 0) is 30.0 Å². The highest BCUT2D eigenvalue weighted by atomic mass is 16.2. The summed E-state index contributed by atoms with van der Waals surface area (Å²) in [7, 11) is 1.82. The molecule has 4 heteroatoms. The highest BCUT2D eigenvalue weighted by molar-refractivity contribution is 5.81. The Morgan fingerprint density at radius 1 is 1.35 bits per heavy atom. The SMILES string of the molecule is CN(Cc1ccncc1)C(=O)C(N)CC1CCCCC1. The molecule has 0 spiro atoms. The lowest BCUT2D eigenvalue weighted by Gasteiger charge is -2.26. The third kappa shape index (κ3) is 4.30. The molecule has 0 saturated heterocycles. The van der Waals surface area contributed by atoms with Gasteiger partial charge >= 0.3 is 0 Å². The van der Waals surface area contributed by atoms with Gasteiger partial charge in [0.15, 0.2) is 0 Å². The Bertz CT molecular complexity index is 415. The van der Waals surface area contributed by atoms with E-state index in [9.17, 15) is 4.79 Å². The highest BCUT2D eigenvalue weighted by Crippen LogP contribution is 2.27. The largest absolute Gasteiger partial charge is 0.340 e. The molecular weight excluding hydrogens is 250 g/mol. The Balaban J connectivity index is 1.82. The van der Waals surface area contributed by atoms with Crippen molar-refractivity contribution in [2.45, 2.75) is 51.1 Å². The zero-order chi connectivity index (χ0) is 14.4. The molecule has 4 nitrogen and oxygen atoms in total. The van der Waals surface area contributed by atoms with Crippen LogP contribution in [0.4, 0.5) is 0 Å². The molecule has 1 aliphatic carbocycles. The summed E-state index contributed by atoms with van der Waals surface area (Å²) < 4.78 is 0. The predicted molar refractivity (Wildman–Crippen MR) is 79.9 cm³/mol. The van der Waals surface area contributed by atoms with E-state index in [0.717, 1.165) is 12.0 Å². The molecule has 1 aliphatic rings. The lowest BCUT2D eigenvalue weighted by molar-refractivity contribution is -0.132. The molecule has 1 amide bonds. The van der Waals surface area contributed by atoms with Crippen molar-refractivity contribution in [3.05, 3.63) is 30.1 Å². The van der Waals surface area contributed by atoms with Crippen LogP contribution in [0.5, 0.6) is 0 Å². The van der Waals surface area contributed by atoms with Gasteiger partial charge in [0.1, 0.15) is 0 Å². The molecular formula is C16H25N3O. The predicted octanol–water partition coefficient (Wildman–Crippen LogP) is 2.34. The van der Waals surface area contributed by atoms with Crippen LogP contribution in [0.25, 0.3) is 0 Å². The topological polar surface area (TPSA) is 59.2 Å². The van der Waals surface area contributed by atoms with Crippen molar-refractivity contribution in [2.24, 2.45) is 11.7 Å². The maximum absolute atomic E-state index is 12.3. The number of hydrogen-bond acceptors (Lipinski definition) is 3. The Morgan fingerprint density at radius 3 is 2.65 bits per heavy atom. The molecule has 2 N–H and O–H groups in total. The van der Waals surface area contributed by atoms with Gasteiger partial charge in [0.2, 0.25) is 5.91 Å². The van der Waals surface area contributed by atoms with E-state index in [1.807, 2.05) is 19.2 Å². The molecule has 1 atom stereocenters. The third-order valence-corrected chi connectivity index (χ3v) is 4.17. The molecule has 1 fully saturated rings. The quantitative estimate of drug-likeness (QED) is 0.897. The summed E-state index contributed by atoms with van der Waals surface area (Å²) in [6.07, 6.45) is 10.7. The van der Waals surface area contributed by atoms with E-state index in [1.54, 1.807) is 17.3 Å². The van der Waals surface area contributed by atoms with Gasteiger partial charge < -0.3 is 10.6 Å². The molecule has 1 aromatic rings. The van der Waals surface area contributed by atoms with Crippen molar-refractivity contribution in [3.63, 3.8) is 0 Å². The van der Waals surface area contributed by atoms with Crippen molar-refractivity contribution in [3.8, 4) is 0 Å². The molecule has 0 aromatic carbocycles. The lowest BCUT2D eigenvalue weighted by Crippen LogP contribution is -2.42. The summed E-state index contributed by atoms with van der Waals surface area (Å²) in [6, 6.07) is 3.50. The van der Waals surface area contributed by atoms with Crippen LogP contribution < -0.4 is 5.73 Å². The summed E-state index contributed by atoms with van der Waals surface area (Å²) in [5, 5.41) is 0. The fraction of sp³-hybridized carbons (Fsp3) is 0.625. The monoisotopic (exact) mass is 275 g/mol. The van der Waals surface area contributed by atoms with E-state index in [-0.39, 0.29) is 11.9 Å². The van der Waals surface area contributed by atoms with E-state index < -0.39 is 0 Å². The molecule has 0 bridgehead atoms. The van der Waals surface area contributed by atoms with Crippen LogP contribution in [0.2, 0.25) is 0 Å². The zero-order valence-corrected chi connectivity index (χ0v) is 12.3. The van der Waals surface area contributed by atoms with Crippen LogP contribution in [0, 0.1) is 5.92 Å². The molecule has 0 radical (unpaired) electrons. The number of pyridine rings is 1. The number of nitrogens with two attached hydrogens (primary N) is 1. The number of amides is 1.